The molecule has 1 aromatic rings. The average Bonchev–Trinajstić information content (AvgIpc) is 2.37. The van der Waals surface area contributed by atoms with Gasteiger partial charge >= 0.3 is 18.3 Å². The number of hydrogen-bond donors (Lipinski definition) is 2. The number of anilines is 2. The van der Waals surface area contributed by atoms with Gasteiger partial charge in [0.2, 0.25) is 0 Å². The minimum Gasteiger partial charge on any atom is -0.319 e. The smallest absolute Gasteiger partial charge is 0.319 e. The highest BCUT2D eigenvalue weighted by Gasteiger charge is 2.40. The molecule has 2 amide bonds. The molecule has 0 saturated heterocycles. The number of pyridine rings is 1. The third kappa shape index (κ3) is 5.56. The number of aromatic nitrogens is 1. The second-order valence-corrected chi connectivity index (χ2v) is 6.30. The summed E-state index contributed by atoms with van der Waals surface area (Å²) >= 11 is 15.6. The first-order valence-corrected chi connectivity index (χ1v) is 6.59. The molecular weight excluding hydrogens is 414 g/mol. The predicted octanol–water partition coefficient (Wildman–Crippen LogP) is 3.91. The van der Waals surface area contributed by atoms with E-state index in [0.717, 1.165) is 0 Å². The number of nitrogens with one attached hydrogen (secondary N) is 2. The molecule has 1 aromatic heterocycles. The van der Waals surface area contributed by atoms with Crippen LogP contribution in [0.25, 0.3) is 0 Å². The van der Waals surface area contributed by atoms with Crippen LogP contribution in [0.15, 0.2) is 12.3 Å². The van der Waals surface area contributed by atoms with Gasteiger partial charge in [0.15, 0.2) is 5.82 Å². The molecule has 0 aliphatic carbocycles. The number of alkyl halides is 9. The van der Waals surface area contributed by atoms with Crippen molar-refractivity contribution in [3.63, 3.8) is 0 Å². The summed E-state index contributed by atoms with van der Waals surface area (Å²) in [5.41, 5.74) is -2.37. The second kappa shape index (κ2) is 6.81. The highest BCUT2D eigenvalue weighted by atomic mass is 35.6. The summed E-state index contributed by atoms with van der Waals surface area (Å²) < 4.78 is 71.9. The maximum atomic E-state index is 12.6. The van der Waals surface area contributed by atoms with E-state index in [1.54, 1.807) is 5.32 Å². The highest BCUT2D eigenvalue weighted by Crippen LogP contribution is 2.34. The SMILES string of the molecule is O=C(Nc1ncc(C(F)(F)F)cc1NC(=O)C(Cl)(Cl)Cl)C(F)(F)F. The summed E-state index contributed by atoms with van der Waals surface area (Å²) in [5.74, 6) is -5.02. The van der Waals surface area contributed by atoms with E-state index in [2.05, 4.69) is 4.98 Å². The molecule has 134 valence electrons. The van der Waals surface area contributed by atoms with Crippen LogP contribution in [0, 0.1) is 0 Å². The molecule has 2 N–H and O–H groups in total. The highest BCUT2D eigenvalue weighted by molar-refractivity contribution is 6.76. The van der Waals surface area contributed by atoms with Gasteiger partial charge in [0.1, 0.15) is 0 Å². The van der Waals surface area contributed by atoms with E-state index in [0.29, 0.717) is 0 Å². The molecule has 14 heteroatoms. The molecule has 1 heterocycles. The van der Waals surface area contributed by atoms with E-state index in [1.807, 2.05) is 0 Å². The van der Waals surface area contributed by atoms with Crippen molar-refractivity contribution in [1.29, 1.82) is 0 Å². The van der Waals surface area contributed by atoms with Gasteiger partial charge in [-0.1, -0.05) is 34.8 Å². The van der Waals surface area contributed by atoms with Crippen LogP contribution >= 0.6 is 34.8 Å². The standard InChI is InChI=1S/C10H4Cl3F6N3O2/c11-8(12,13)6(23)21-4-1-3(9(14,15)16)2-20-5(4)22-7(24)10(17,18)19/h1-2H,(H,21,23)(H,20,22,24). The fraction of sp³-hybridized carbons (Fsp3) is 0.300. The van der Waals surface area contributed by atoms with E-state index in [-0.39, 0.29) is 12.3 Å². The van der Waals surface area contributed by atoms with Gasteiger partial charge in [0, 0.05) is 6.20 Å². The molecule has 1 rings (SSSR count). The van der Waals surface area contributed by atoms with Gasteiger partial charge < -0.3 is 10.6 Å². The zero-order valence-electron chi connectivity index (χ0n) is 10.8. The molecule has 0 bridgehead atoms. The summed E-state index contributed by atoms with van der Waals surface area (Å²) in [4.78, 5) is 25.4. The van der Waals surface area contributed by atoms with Crippen molar-refractivity contribution < 1.29 is 35.9 Å². The first kappa shape index (κ1) is 20.6. The van der Waals surface area contributed by atoms with Gasteiger partial charge in [-0.3, -0.25) is 9.59 Å². The molecule has 0 aliphatic rings. The quantitative estimate of drug-likeness (QED) is 0.565. The van der Waals surface area contributed by atoms with E-state index < -0.39 is 45.0 Å². The lowest BCUT2D eigenvalue weighted by Gasteiger charge is -2.17. The molecule has 0 aromatic carbocycles. The number of nitrogens with zero attached hydrogens (tertiary/aromatic N) is 1. The van der Waals surface area contributed by atoms with Crippen molar-refractivity contribution in [2.24, 2.45) is 0 Å². The summed E-state index contributed by atoms with van der Waals surface area (Å²) in [6.45, 7) is 0. The van der Waals surface area contributed by atoms with Crippen LogP contribution in [0.5, 0.6) is 0 Å². The molecule has 5 nitrogen and oxygen atoms in total. The Bertz CT molecular complexity index is 657. The van der Waals surface area contributed by atoms with E-state index in [1.165, 1.54) is 5.32 Å². The number of amides is 2. The summed E-state index contributed by atoms with van der Waals surface area (Å²) in [6, 6.07) is 0.216. The lowest BCUT2D eigenvalue weighted by molar-refractivity contribution is -0.167. The number of hydrogen-bond acceptors (Lipinski definition) is 3. The van der Waals surface area contributed by atoms with Crippen LogP contribution in [-0.4, -0.2) is 26.8 Å². The first-order valence-electron chi connectivity index (χ1n) is 5.46. The molecule has 0 radical (unpaired) electrons. The monoisotopic (exact) mass is 417 g/mol. The third-order valence-corrected chi connectivity index (χ3v) is 2.73. The largest absolute Gasteiger partial charge is 0.471 e. The third-order valence-electron chi connectivity index (χ3n) is 2.21. The van der Waals surface area contributed by atoms with Crippen molar-refractivity contribution in [1.82, 2.24) is 4.98 Å². The molecule has 0 unspecified atom stereocenters. The van der Waals surface area contributed by atoms with Crippen LogP contribution in [0.4, 0.5) is 37.8 Å². The molecule has 0 atom stereocenters. The maximum absolute atomic E-state index is 12.6. The van der Waals surface area contributed by atoms with Crippen LogP contribution in [0.2, 0.25) is 0 Å². The predicted molar refractivity (Wildman–Crippen MR) is 72.8 cm³/mol. The van der Waals surface area contributed by atoms with Crippen LogP contribution in [0.3, 0.4) is 0 Å². The Hall–Kier alpha value is -1.46. The van der Waals surface area contributed by atoms with Gasteiger partial charge in [-0.2, -0.15) is 26.3 Å². The van der Waals surface area contributed by atoms with Crippen LogP contribution < -0.4 is 10.6 Å². The van der Waals surface area contributed by atoms with Gasteiger partial charge in [-0.15, -0.1) is 0 Å². The summed E-state index contributed by atoms with van der Waals surface area (Å²) in [7, 11) is 0. The Labute approximate surface area is 144 Å². The Kier molecular flexibility index (Phi) is 5.84. The van der Waals surface area contributed by atoms with E-state index >= 15 is 0 Å². The Balaban J connectivity index is 3.28. The Morgan fingerprint density at radius 1 is 0.958 bits per heavy atom. The van der Waals surface area contributed by atoms with Gasteiger partial charge in [-0.25, -0.2) is 4.98 Å². The molecular formula is C10H4Cl3F6N3O2. The molecule has 0 fully saturated rings. The second-order valence-electron chi connectivity index (χ2n) is 4.02. The molecule has 0 spiro atoms. The molecule has 0 saturated carbocycles. The number of carbonyl (C=O) groups excluding carboxylic acids is 2. The van der Waals surface area contributed by atoms with Gasteiger partial charge in [-0.05, 0) is 6.07 Å². The first-order chi connectivity index (χ1) is 10.6. The van der Waals surface area contributed by atoms with Gasteiger partial charge in [0.25, 0.3) is 9.70 Å². The lowest BCUT2D eigenvalue weighted by Crippen LogP contribution is -2.32. The molecule has 24 heavy (non-hydrogen) atoms. The Morgan fingerprint density at radius 3 is 1.92 bits per heavy atom. The zero-order chi connectivity index (χ0) is 18.9. The van der Waals surface area contributed by atoms with Crippen molar-refractivity contribution in [2.75, 3.05) is 10.6 Å². The van der Waals surface area contributed by atoms with Crippen LogP contribution in [-0.2, 0) is 15.8 Å². The lowest BCUT2D eigenvalue weighted by atomic mass is 10.2. The van der Waals surface area contributed by atoms with E-state index in [9.17, 15) is 35.9 Å². The van der Waals surface area contributed by atoms with Crippen LogP contribution in [0.1, 0.15) is 5.56 Å². The maximum Gasteiger partial charge on any atom is 0.471 e. The van der Waals surface area contributed by atoms with Crippen molar-refractivity contribution >= 4 is 58.1 Å². The minimum atomic E-state index is -5.35. The van der Waals surface area contributed by atoms with Crippen molar-refractivity contribution in [3.05, 3.63) is 17.8 Å². The van der Waals surface area contributed by atoms with Crippen molar-refractivity contribution in [3.8, 4) is 0 Å². The number of halogens is 9. The average molecular weight is 419 g/mol. The Morgan fingerprint density at radius 2 is 1.50 bits per heavy atom. The fourth-order valence-corrected chi connectivity index (χ4v) is 1.33. The summed E-state index contributed by atoms with van der Waals surface area (Å²) in [5, 5.41) is 2.84. The van der Waals surface area contributed by atoms with Crippen molar-refractivity contribution in [2.45, 2.75) is 16.1 Å². The zero-order valence-corrected chi connectivity index (χ0v) is 13.1. The topological polar surface area (TPSA) is 71.1 Å². The molecule has 0 aliphatic heterocycles. The normalized spacial score (nSPS) is 12.7. The van der Waals surface area contributed by atoms with E-state index in [4.69, 9.17) is 34.8 Å². The fourth-order valence-electron chi connectivity index (χ4n) is 1.19. The minimum absolute atomic E-state index is 0.150. The number of rotatable bonds is 2. The van der Waals surface area contributed by atoms with Gasteiger partial charge in [0.05, 0.1) is 11.3 Å². The number of carbonyl (C=O) groups is 2. The summed E-state index contributed by atoms with van der Waals surface area (Å²) in [6.07, 6.45) is -10.1.